The van der Waals surface area contributed by atoms with Gasteiger partial charge in [0, 0.05) is 45.0 Å². The number of halogens is 1. The summed E-state index contributed by atoms with van der Waals surface area (Å²) >= 11 is 0.955. The molecule has 0 saturated carbocycles. The first-order valence-electron chi connectivity index (χ1n) is 10.7. The van der Waals surface area contributed by atoms with Gasteiger partial charge in [0.1, 0.15) is 5.82 Å². The fourth-order valence-electron chi connectivity index (χ4n) is 3.55. The zero-order chi connectivity index (χ0) is 23.2. The molecule has 2 aromatic carbocycles. The highest BCUT2D eigenvalue weighted by Gasteiger charge is 2.20. The summed E-state index contributed by atoms with van der Waals surface area (Å²) in [4.78, 5) is 29.0. The molecule has 1 fully saturated rings. The van der Waals surface area contributed by atoms with Crippen LogP contribution in [0.15, 0.2) is 48.5 Å². The molecule has 33 heavy (non-hydrogen) atoms. The third-order valence-corrected chi connectivity index (χ3v) is 6.32. The summed E-state index contributed by atoms with van der Waals surface area (Å²) in [5, 5.41) is 13.5. The van der Waals surface area contributed by atoms with E-state index in [0.29, 0.717) is 24.5 Å². The summed E-state index contributed by atoms with van der Waals surface area (Å²) in [7, 11) is 0. The number of nitrogens with zero attached hydrogens (tertiary/aromatic N) is 4. The Labute approximate surface area is 195 Å². The highest BCUT2D eigenvalue weighted by molar-refractivity contribution is 7.15. The van der Waals surface area contributed by atoms with E-state index >= 15 is 0 Å². The molecule has 1 aromatic heterocycles. The standard InChI is InChI=1S/C23H25FN6O2S/c1-16-6-8-17(9-7-16)26-21(32)23-28-27-22(33-23)20(31)25-10-11-29-12-14-30(15-13-29)19-5-3-2-4-18(19)24/h2-9H,10-15H2,1H3,(H,25,31)(H,26,32). The van der Waals surface area contributed by atoms with Gasteiger partial charge in [-0.25, -0.2) is 4.39 Å². The number of hydrogen-bond acceptors (Lipinski definition) is 7. The Morgan fingerprint density at radius 2 is 1.64 bits per heavy atom. The zero-order valence-corrected chi connectivity index (χ0v) is 19.1. The van der Waals surface area contributed by atoms with Crippen molar-refractivity contribution in [2.24, 2.45) is 0 Å². The van der Waals surface area contributed by atoms with Gasteiger partial charge in [0.25, 0.3) is 11.8 Å². The van der Waals surface area contributed by atoms with E-state index in [0.717, 1.165) is 43.1 Å². The van der Waals surface area contributed by atoms with Crippen molar-refractivity contribution in [2.75, 3.05) is 49.5 Å². The number of piperazine rings is 1. The first kappa shape index (κ1) is 22.8. The van der Waals surface area contributed by atoms with Crippen LogP contribution in [0.1, 0.15) is 25.2 Å². The molecule has 2 heterocycles. The molecular weight excluding hydrogens is 443 g/mol. The maximum atomic E-state index is 14.0. The minimum Gasteiger partial charge on any atom is -0.367 e. The van der Waals surface area contributed by atoms with Gasteiger partial charge in [-0.1, -0.05) is 41.2 Å². The van der Waals surface area contributed by atoms with Crippen molar-refractivity contribution in [3.8, 4) is 0 Å². The van der Waals surface area contributed by atoms with E-state index in [1.54, 1.807) is 24.3 Å². The van der Waals surface area contributed by atoms with Gasteiger partial charge in [-0.05, 0) is 31.2 Å². The highest BCUT2D eigenvalue weighted by atomic mass is 32.1. The summed E-state index contributed by atoms with van der Waals surface area (Å²) in [5.41, 5.74) is 2.38. The van der Waals surface area contributed by atoms with Gasteiger partial charge < -0.3 is 15.5 Å². The second kappa shape index (κ2) is 10.5. The van der Waals surface area contributed by atoms with Crippen molar-refractivity contribution in [1.29, 1.82) is 0 Å². The second-order valence-corrected chi connectivity index (χ2v) is 8.75. The number of hydrogen-bond donors (Lipinski definition) is 2. The fraction of sp³-hybridized carbons (Fsp3) is 0.304. The van der Waals surface area contributed by atoms with Crippen LogP contribution in [-0.4, -0.2) is 66.2 Å². The largest absolute Gasteiger partial charge is 0.367 e. The van der Waals surface area contributed by atoms with Crippen LogP contribution in [0.2, 0.25) is 0 Å². The number of aromatic nitrogens is 2. The Hall–Kier alpha value is -3.37. The van der Waals surface area contributed by atoms with Crippen LogP contribution in [0, 0.1) is 12.7 Å². The number of nitrogens with one attached hydrogen (secondary N) is 2. The molecule has 0 aliphatic carbocycles. The first-order chi connectivity index (χ1) is 16.0. The van der Waals surface area contributed by atoms with Crippen LogP contribution in [0.5, 0.6) is 0 Å². The molecule has 1 aliphatic heterocycles. The van der Waals surface area contributed by atoms with Crippen molar-refractivity contribution >= 4 is 34.5 Å². The number of amides is 2. The van der Waals surface area contributed by atoms with Gasteiger partial charge in [0.2, 0.25) is 10.0 Å². The zero-order valence-electron chi connectivity index (χ0n) is 18.3. The number of anilines is 2. The molecule has 3 aromatic rings. The smallest absolute Gasteiger partial charge is 0.286 e. The molecule has 2 amide bonds. The molecule has 0 radical (unpaired) electrons. The molecule has 4 rings (SSSR count). The molecule has 0 spiro atoms. The maximum absolute atomic E-state index is 14.0. The van der Waals surface area contributed by atoms with Crippen molar-refractivity contribution in [3.05, 3.63) is 69.9 Å². The normalized spacial score (nSPS) is 14.2. The third-order valence-electron chi connectivity index (χ3n) is 5.40. The van der Waals surface area contributed by atoms with Gasteiger partial charge in [-0.2, -0.15) is 0 Å². The van der Waals surface area contributed by atoms with E-state index in [-0.39, 0.29) is 21.7 Å². The van der Waals surface area contributed by atoms with Crippen molar-refractivity contribution < 1.29 is 14.0 Å². The van der Waals surface area contributed by atoms with Crippen LogP contribution in [0.4, 0.5) is 15.8 Å². The lowest BCUT2D eigenvalue weighted by Crippen LogP contribution is -2.48. The molecule has 2 N–H and O–H groups in total. The summed E-state index contributed by atoms with van der Waals surface area (Å²) in [6.45, 7) is 6.11. The molecule has 0 atom stereocenters. The number of carbonyl (C=O) groups excluding carboxylic acids is 2. The minimum atomic E-state index is -0.400. The van der Waals surface area contributed by atoms with Crippen molar-refractivity contribution in [3.63, 3.8) is 0 Å². The summed E-state index contributed by atoms with van der Waals surface area (Å²) in [5.74, 6) is -0.961. The average molecular weight is 469 g/mol. The number of carbonyl (C=O) groups is 2. The molecule has 8 nitrogen and oxygen atoms in total. The summed E-state index contributed by atoms with van der Waals surface area (Å²) in [6, 6.07) is 14.2. The first-order valence-corrected chi connectivity index (χ1v) is 11.5. The van der Waals surface area contributed by atoms with E-state index in [2.05, 4.69) is 25.7 Å². The van der Waals surface area contributed by atoms with Gasteiger partial charge in [-0.3, -0.25) is 14.5 Å². The van der Waals surface area contributed by atoms with Crippen LogP contribution in [0.25, 0.3) is 0 Å². The highest BCUT2D eigenvalue weighted by Crippen LogP contribution is 2.20. The van der Waals surface area contributed by atoms with Crippen molar-refractivity contribution in [1.82, 2.24) is 20.4 Å². The SMILES string of the molecule is Cc1ccc(NC(=O)c2nnc(C(=O)NCCN3CCN(c4ccccc4F)CC3)s2)cc1. The lowest BCUT2D eigenvalue weighted by Gasteiger charge is -2.36. The second-order valence-electron chi connectivity index (χ2n) is 7.77. The van der Waals surface area contributed by atoms with E-state index in [9.17, 15) is 14.0 Å². The summed E-state index contributed by atoms with van der Waals surface area (Å²) in [6.07, 6.45) is 0. The van der Waals surface area contributed by atoms with Crippen molar-refractivity contribution in [2.45, 2.75) is 6.92 Å². The van der Waals surface area contributed by atoms with Gasteiger partial charge in [0.15, 0.2) is 0 Å². The number of aryl methyl sites for hydroxylation is 1. The van der Waals surface area contributed by atoms with Crippen LogP contribution >= 0.6 is 11.3 Å². The molecular formula is C23H25FN6O2S. The molecule has 1 aliphatic rings. The maximum Gasteiger partial charge on any atom is 0.286 e. The Morgan fingerprint density at radius 3 is 2.33 bits per heavy atom. The Bertz CT molecular complexity index is 1110. The number of benzene rings is 2. The van der Waals surface area contributed by atoms with Gasteiger partial charge in [-0.15, -0.1) is 10.2 Å². The minimum absolute atomic E-state index is 0.130. The number of para-hydroxylation sites is 1. The average Bonchev–Trinajstić information content (AvgIpc) is 3.32. The quantitative estimate of drug-likeness (QED) is 0.554. The Morgan fingerprint density at radius 1 is 0.970 bits per heavy atom. The van der Waals surface area contributed by atoms with E-state index in [1.165, 1.54) is 6.07 Å². The molecule has 10 heteroatoms. The lowest BCUT2D eigenvalue weighted by molar-refractivity contribution is 0.0945. The van der Waals surface area contributed by atoms with E-state index in [1.807, 2.05) is 30.0 Å². The van der Waals surface area contributed by atoms with Crippen LogP contribution in [-0.2, 0) is 0 Å². The Balaban J connectivity index is 1.21. The predicted molar refractivity (Wildman–Crippen MR) is 126 cm³/mol. The monoisotopic (exact) mass is 468 g/mol. The number of rotatable bonds is 7. The van der Waals surface area contributed by atoms with Crippen LogP contribution < -0.4 is 15.5 Å². The Kier molecular flexibility index (Phi) is 7.26. The molecule has 1 saturated heterocycles. The third kappa shape index (κ3) is 5.91. The molecule has 0 bridgehead atoms. The summed E-state index contributed by atoms with van der Waals surface area (Å²) < 4.78 is 14.0. The fourth-order valence-corrected chi connectivity index (χ4v) is 4.21. The molecule has 172 valence electrons. The van der Waals surface area contributed by atoms with Gasteiger partial charge >= 0.3 is 0 Å². The van der Waals surface area contributed by atoms with E-state index in [4.69, 9.17) is 0 Å². The van der Waals surface area contributed by atoms with E-state index < -0.39 is 5.91 Å². The topological polar surface area (TPSA) is 90.5 Å². The van der Waals surface area contributed by atoms with Crippen LogP contribution in [0.3, 0.4) is 0 Å². The lowest BCUT2D eigenvalue weighted by atomic mass is 10.2. The predicted octanol–water partition coefficient (Wildman–Crippen LogP) is 2.79. The van der Waals surface area contributed by atoms with Gasteiger partial charge in [0.05, 0.1) is 5.69 Å². The molecule has 0 unspecified atom stereocenters.